The maximum absolute atomic E-state index is 13.5. The fraction of sp³-hybridized carbons (Fsp3) is 0.125. The number of carbonyl (C=O) groups excluding carboxylic acids is 1. The van der Waals surface area contributed by atoms with Crippen molar-refractivity contribution in [2.45, 2.75) is 20.8 Å². The van der Waals surface area contributed by atoms with E-state index in [2.05, 4.69) is 5.32 Å². The fourth-order valence-electron chi connectivity index (χ4n) is 4.03. The summed E-state index contributed by atoms with van der Waals surface area (Å²) in [5.41, 5.74) is 4.49. The van der Waals surface area contributed by atoms with Gasteiger partial charge in [0.25, 0.3) is 5.91 Å². The van der Waals surface area contributed by atoms with Crippen molar-refractivity contribution in [1.82, 2.24) is 0 Å². The number of anilines is 1. The second-order valence-electron chi connectivity index (χ2n) is 9.16. The van der Waals surface area contributed by atoms with Gasteiger partial charge in [0, 0.05) is 11.3 Å². The highest BCUT2D eigenvalue weighted by Crippen LogP contribution is 2.32. The Bertz CT molecular complexity index is 1650. The largest absolute Gasteiger partial charge is 0.476 e. The van der Waals surface area contributed by atoms with E-state index in [0.717, 1.165) is 22.4 Å². The first kappa shape index (κ1) is 24.8. The molecule has 0 saturated heterocycles. The average molecular weight is 506 g/mol. The van der Waals surface area contributed by atoms with Crippen LogP contribution in [0.4, 0.5) is 5.69 Å². The molecule has 0 spiro atoms. The lowest BCUT2D eigenvalue weighted by Crippen LogP contribution is -2.22. The zero-order valence-electron chi connectivity index (χ0n) is 21.4. The summed E-state index contributed by atoms with van der Waals surface area (Å²) in [5, 5.41) is 3.20. The number of carbonyl (C=O) groups is 1. The smallest absolute Gasteiger partial charge is 0.262 e. The number of para-hydroxylation sites is 1. The lowest BCUT2D eigenvalue weighted by Gasteiger charge is -2.13. The Hall–Kier alpha value is -4.84. The quantitative estimate of drug-likeness (QED) is 0.253. The van der Waals surface area contributed by atoms with Gasteiger partial charge < -0.3 is 19.2 Å². The molecule has 1 amide bonds. The molecule has 5 rings (SSSR count). The van der Waals surface area contributed by atoms with Crippen molar-refractivity contribution in [2.75, 3.05) is 11.9 Å². The first-order chi connectivity index (χ1) is 18.4. The summed E-state index contributed by atoms with van der Waals surface area (Å²) in [4.78, 5) is 26.2. The van der Waals surface area contributed by atoms with Gasteiger partial charge in [0.1, 0.15) is 17.1 Å². The maximum Gasteiger partial charge on any atom is 0.262 e. The number of rotatable bonds is 7. The number of nitrogens with one attached hydrogen (secondary N) is 1. The lowest BCUT2D eigenvalue weighted by atomic mass is 10.0. The molecule has 0 atom stereocenters. The molecule has 0 aliphatic carbocycles. The Balaban J connectivity index is 1.36. The van der Waals surface area contributed by atoms with Gasteiger partial charge in [0.15, 0.2) is 12.4 Å². The van der Waals surface area contributed by atoms with Gasteiger partial charge in [-0.15, -0.1) is 0 Å². The molecule has 0 radical (unpaired) electrons. The van der Waals surface area contributed by atoms with Crippen LogP contribution in [-0.4, -0.2) is 12.5 Å². The van der Waals surface area contributed by atoms with Gasteiger partial charge in [-0.2, -0.15) is 0 Å². The normalized spacial score (nSPS) is 10.8. The van der Waals surface area contributed by atoms with E-state index >= 15 is 0 Å². The molecule has 0 bridgehead atoms. The van der Waals surface area contributed by atoms with Gasteiger partial charge in [-0.25, -0.2) is 0 Å². The highest BCUT2D eigenvalue weighted by atomic mass is 16.5. The summed E-state index contributed by atoms with van der Waals surface area (Å²) in [6.07, 6.45) is 0. The van der Waals surface area contributed by atoms with Crippen molar-refractivity contribution in [3.8, 4) is 28.6 Å². The topological polar surface area (TPSA) is 77.8 Å². The summed E-state index contributed by atoms with van der Waals surface area (Å²) in [5.74, 6) is 1.26. The first-order valence-corrected chi connectivity index (χ1v) is 12.3. The molecule has 6 heteroatoms. The molecule has 5 aromatic rings. The minimum absolute atomic E-state index is 0.00589. The van der Waals surface area contributed by atoms with Crippen LogP contribution in [0.2, 0.25) is 0 Å². The number of fused-ring (bicyclic) bond motifs is 1. The Morgan fingerprint density at radius 1 is 0.816 bits per heavy atom. The van der Waals surface area contributed by atoms with Crippen LogP contribution in [0.1, 0.15) is 16.7 Å². The Kier molecular flexibility index (Phi) is 6.96. The Labute approximate surface area is 220 Å². The zero-order chi connectivity index (χ0) is 26.6. The third kappa shape index (κ3) is 5.44. The third-order valence-electron chi connectivity index (χ3n) is 6.24. The van der Waals surface area contributed by atoms with E-state index in [9.17, 15) is 9.59 Å². The van der Waals surface area contributed by atoms with Crippen LogP contribution >= 0.6 is 0 Å². The van der Waals surface area contributed by atoms with E-state index < -0.39 is 5.91 Å². The molecular weight excluding hydrogens is 478 g/mol. The highest BCUT2D eigenvalue weighted by Gasteiger charge is 2.19. The molecule has 190 valence electrons. The van der Waals surface area contributed by atoms with E-state index in [1.165, 1.54) is 0 Å². The Morgan fingerprint density at radius 3 is 2.18 bits per heavy atom. The molecule has 4 aromatic carbocycles. The van der Waals surface area contributed by atoms with Crippen molar-refractivity contribution < 1.29 is 18.7 Å². The highest BCUT2D eigenvalue weighted by molar-refractivity contribution is 5.92. The Morgan fingerprint density at radius 2 is 1.47 bits per heavy atom. The standard InChI is InChI=1S/C32H27NO5/c1-20-9-11-23(12-10-20)31-32(30(35)27-17-21(2)22(3)18-28(27)38-31)36-19-29(34)33-24-13-15-26(16-14-24)37-25-7-5-4-6-8-25/h4-18H,19H2,1-3H3,(H,33,34). The maximum atomic E-state index is 13.5. The van der Waals surface area contributed by atoms with Crippen LogP contribution in [0.3, 0.4) is 0 Å². The van der Waals surface area contributed by atoms with Crippen LogP contribution in [0.5, 0.6) is 17.2 Å². The molecule has 0 fully saturated rings. The molecule has 1 N–H and O–H groups in total. The minimum atomic E-state index is -0.406. The number of hydrogen-bond acceptors (Lipinski definition) is 5. The number of ether oxygens (including phenoxy) is 2. The zero-order valence-corrected chi connectivity index (χ0v) is 21.4. The van der Waals surface area contributed by atoms with Crippen LogP contribution < -0.4 is 20.2 Å². The van der Waals surface area contributed by atoms with E-state index in [1.807, 2.05) is 81.4 Å². The molecular formula is C32H27NO5. The van der Waals surface area contributed by atoms with Crippen molar-refractivity contribution in [3.63, 3.8) is 0 Å². The number of benzene rings is 4. The monoisotopic (exact) mass is 505 g/mol. The lowest BCUT2D eigenvalue weighted by molar-refractivity contribution is -0.118. The van der Waals surface area contributed by atoms with Crippen molar-refractivity contribution in [2.24, 2.45) is 0 Å². The van der Waals surface area contributed by atoms with Gasteiger partial charge >= 0.3 is 0 Å². The molecule has 38 heavy (non-hydrogen) atoms. The van der Waals surface area contributed by atoms with E-state index in [4.69, 9.17) is 13.9 Å². The number of aryl methyl sites for hydroxylation is 3. The fourth-order valence-corrected chi connectivity index (χ4v) is 4.03. The van der Waals surface area contributed by atoms with Gasteiger partial charge in [-0.3, -0.25) is 9.59 Å². The second kappa shape index (κ2) is 10.6. The number of hydrogen-bond donors (Lipinski definition) is 1. The van der Waals surface area contributed by atoms with Crippen LogP contribution in [-0.2, 0) is 4.79 Å². The molecule has 1 heterocycles. The van der Waals surface area contributed by atoms with Gasteiger partial charge in [-0.05, 0) is 80.4 Å². The van der Waals surface area contributed by atoms with Crippen molar-refractivity contribution in [1.29, 1.82) is 0 Å². The summed E-state index contributed by atoms with van der Waals surface area (Å²) in [7, 11) is 0. The number of amides is 1. The van der Waals surface area contributed by atoms with Crippen LogP contribution in [0.15, 0.2) is 100 Å². The van der Waals surface area contributed by atoms with Gasteiger partial charge in [0.05, 0.1) is 5.39 Å². The van der Waals surface area contributed by atoms with Crippen LogP contribution in [0, 0.1) is 20.8 Å². The SMILES string of the molecule is Cc1ccc(-c2oc3cc(C)c(C)cc3c(=O)c2OCC(=O)Nc2ccc(Oc3ccccc3)cc2)cc1. The molecule has 0 aliphatic rings. The predicted molar refractivity (Wildman–Crippen MR) is 149 cm³/mol. The summed E-state index contributed by atoms with van der Waals surface area (Å²) in [6, 6.07) is 27.7. The van der Waals surface area contributed by atoms with E-state index in [-0.39, 0.29) is 17.8 Å². The van der Waals surface area contributed by atoms with Gasteiger partial charge in [0.2, 0.25) is 11.2 Å². The third-order valence-corrected chi connectivity index (χ3v) is 6.24. The van der Waals surface area contributed by atoms with Crippen molar-refractivity contribution in [3.05, 3.63) is 118 Å². The second-order valence-corrected chi connectivity index (χ2v) is 9.16. The minimum Gasteiger partial charge on any atom is -0.476 e. The molecule has 6 nitrogen and oxygen atoms in total. The summed E-state index contributed by atoms with van der Waals surface area (Å²) < 4.78 is 17.8. The van der Waals surface area contributed by atoms with E-state index in [1.54, 1.807) is 30.3 Å². The summed E-state index contributed by atoms with van der Waals surface area (Å²) >= 11 is 0. The first-order valence-electron chi connectivity index (χ1n) is 12.3. The molecule has 0 saturated carbocycles. The predicted octanol–water partition coefficient (Wildman–Crippen LogP) is 7.20. The van der Waals surface area contributed by atoms with E-state index in [0.29, 0.717) is 33.7 Å². The molecule has 1 aromatic heterocycles. The van der Waals surface area contributed by atoms with Gasteiger partial charge in [-0.1, -0.05) is 48.0 Å². The molecule has 0 aliphatic heterocycles. The summed E-state index contributed by atoms with van der Waals surface area (Å²) in [6.45, 7) is 5.53. The molecule has 0 unspecified atom stereocenters. The average Bonchev–Trinajstić information content (AvgIpc) is 2.91. The van der Waals surface area contributed by atoms with Crippen LogP contribution in [0.25, 0.3) is 22.3 Å². The van der Waals surface area contributed by atoms with Crippen molar-refractivity contribution >= 4 is 22.6 Å².